The fourth-order valence-electron chi connectivity index (χ4n) is 4.28. The minimum absolute atomic E-state index is 0.0626. The number of likely N-dealkylation sites (tertiary alicyclic amines) is 1. The molecule has 0 saturated carbocycles. The zero-order valence-electron chi connectivity index (χ0n) is 20.9. The Hall–Kier alpha value is -2.91. The third-order valence-corrected chi connectivity index (χ3v) is 8.26. The van der Waals surface area contributed by atoms with Crippen LogP contribution in [-0.2, 0) is 20.0 Å². The van der Waals surface area contributed by atoms with Gasteiger partial charge < -0.3 is 4.90 Å². The Balaban J connectivity index is 1.49. The summed E-state index contributed by atoms with van der Waals surface area (Å²) in [4.78, 5) is 18.6. The maximum atomic E-state index is 14.5. The van der Waals surface area contributed by atoms with E-state index >= 15 is 0 Å². The van der Waals surface area contributed by atoms with Gasteiger partial charge in [0.1, 0.15) is 0 Å². The second-order valence-electron chi connectivity index (χ2n) is 9.49. The predicted molar refractivity (Wildman–Crippen MR) is 145 cm³/mol. The van der Waals surface area contributed by atoms with Crippen molar-refractivity contribution in [2.45, 2.75) is 31.7 Å². The molecule has 1 aromatic rings. The molecule has 0 aromatic carbocycles. The monoisotopic (exact) mass is 563 g/mol. The number of aliphatic imine (C=N–C) groups is 2. The first-order valence-electron chi connectivity index (χ1n) is 12.0. The number of nitrogens with two attached hydrogens (primary N) is 1. The molecule has 0 spiro atoms. The molecule has 3 N–H and O–H groups in total. The molecule has 0 radical (unpaired) electrons. The molecule has 14 heteroatoms. The number of sulfonamides is 2. The van der Waals surface area contributed by atoms with Gasteiger partial charge in [0.05, 0.1) is 29.1 Å². The molecule has 2 heterocycles. The highest BCUT2D eigenvalue weighted by molar-refractivity contribution is 7.89. The van der Waals surface area contributed by atoms with E-state index in [0.717, 1.165) is 32.1 Å². The average Bonchev–Trinajstić information content (AvgIpc) is 2.82. The van der Waals surface area contributed by atoms with Crippen LogP contribution in [0.5, 0.6) is 0 Å². The third-order valence-electron chi connectivity index (χ3n) is 6.05. The quantitative estimate of drug-likeness (QED) is 0.488. The molecule has 0 bridgehead atoms. The van der Waals surface area contributed by atoms with Gasteiger partial charge in [0.2, 0.25) is 20.0 Å². The van der Waals surface area contributed by atoms with Crippen LogP contribution < -0.4 is 9.86 Å². The zero-order chi connectivity index (χ0) is 27.3. The lowest BCUT2D eigenvalue weighted by Crippen LogP contribution is -2.44. The van der Waals surface area contributed by atoms with Gasteiger partial charge in [-0.25, -0.2) is 46.1 Å². The van der Waals surface area contributed by atoms with E-state index in [1.807, 2.05) is 7.05 Å². The fraction of sp³-hybridized carbons (Fsp3) is 0.417. The summed E-state index contributed by atoms with van der Waals surface area (Å²) in [6.07, 6.45) is 13.4. The van der Waals surface area contributed by atoms with Gasteiger partial charge in [-0.2, -0.15) is 4.98 Å². The molecule has 38 heavy (non-hydrogen) atoms. The van der Waals surface area contributed by atoms with Gasteiger partial charge in [-0.15, -0.1) is 0 Å². The lowest BCUT2D eigenvalue weighted by molar-refractivity contribution is 0.248. The van der Waals surface area contributed by atoms with Crippen molar-refractivity contribution >= 4 is 43.2 Å². The number of rotatable bonds is 8. The number of nitrogens with zero attached hydrogens (tertiary/aromatic N) is 5. The van der Waals surface area contributed by atoms with Gasteiger partial charge in [-0.3, -0.25) is 0 Å². The first kappa shape index (κ1) is 28.1. The minimum Gasteiger partial charge on any atom is -0.306 e. The highest BCUT2D eigenvalue weighted by Gasteiger charge is 2.23. The molecule has 0 unspecified atom stereocenters. The van der Waals surface area contributed by atoms with Crippen LogP contribution in [0.15, 0.2) is 63.8 Å². The van der Waals surface area contributed by atoms with E-state index in [4.69, 9.17) is 5.14 Å². The first-order chi connectivity index (χ1) is 17.9. The van der Waals surface area contributed by atoms with Crippen molar-refractivity contribution < 1.29 is 21.2 Å². The number of primary sulfonamides is 1. The summed E-state index contributed by atoms with van der Waals surface area (Å²) < 4.78 is 65.5. The van der Waals surface area contributed by atoms with Crippen LogP contribution >= 0.6 is 0 Å². The predicted octanol–water partition coefficient (Wildman–Crippen LogP) is 1.84. The normalized spacial score (nSPS) is 21.7. The van der Waals surface area contributed by atoms with E-state index in [2.05, 4.69) is 29.6 Å². The molecular formula is C24H30FN7O4S2. The van der Waals surface area contributed by atoms with Gasteiger partial charge in [-0.05, 0) is 81.3 Å². The van der Waals surface area contributed by atoms with Crippen LogP contribution in [0, 0.1) is 5.82 Å². The second-order valence-corrected chi connectivity index (χ2v) is 12.9. The van der Waals surface area contributed by atoms with Gasteiger partial charge in [0.15, 0.2) is 11.6 Å². The fourth-order valence-corrected chi connectivity index (χ4v) is 6.51. The molecule has 1 aromatic heterocycles. The van der Waals surface area contributed by atoms with Crippen molar-refractivity contribution in [2.75, 3.05) is 31.6 Å². The average molecular weight is 564 g/mol. The number of halogens is 1. The molecule has 0 amide bonds. The Bertz CT molecular complexity index is 1470. The van der Waals surface area contributed by atoms with Crippen molar-refractivity contribution in [2.24, 2.45) is 15.1 Å². The topological polar surface area (TPSA) is 160 Å². The highest BCUT2D eigenvalue weighted by atomic mass is 32.2. The summed E-state index contributed by atoms with van der Waals surface area (Å²) in [5.41, 5.74) is 1.93. The zero-order valence-corrected chi connectivity index (χ0v) is 22.5. The molecule has 0 atom stereocenters. The molecule has 3 aliphatic rings. The van der Waals surface area contributed by atoms with Crippen molar-refractivity contribution in [3.63, 3.8) is 0 Å². The number of hydrogen-bond acceptors (Lipinski definition) is 9. The molecule has 2 aliphatic carbocycles. The van der Waals surface area contributed by atoms with Crippen LogP contribution in [0.3, 0.4) is 0 Å². The third kappa shape index (κ3) is 8.56. The summed E-state index contributed by atoms with van der Waals surface area (Å²) in [6.45, 7) is 1.69. The Morgan fingerprint density at radius 2 is 1.63 bits per heavy atom. The summed E-state index contributed by atoms with van der Waals surface area (Å²) >= 11 is 0. The van der Waals surface area contributed by atoms with Crippen molar-refractivity contribution in [1.82, 2.24) is 19.6 Å². The van der Waals surface area contributed by atoms with Gasteiger partial charge in [0, 0.05) is 6.04 Å². The van der Waals surface area contributed by atoms with Crippen molar-refractivity contribution in [3.05, 3.63) is 59.6 Å². The largest absolute Gasteiger partial charge is 0.306 e. The maximum Gasteiger partial charge on any atom is 0.252 e. The Labute approximate surface area is 222 Å². The highest BCUT2D eigenvalue weighted by Crippen LogP contribution is 2.21. The number of allylic oxidation sites excluding steroid dienone is 6. The molecule has 204 valence electrons. The van der Waals surface area contributed by atoms with Crippen LogP contribution in [0.2, 0.25) is 0 Å². The molecular weight excluding hydrogens is 533 g/mol. The molecule has 1 saturated heterocycles. The van der Waals surface area contributed by atoms with Crippen molar-refractivity contribution in [3.8, 4) is 0 Å². The number of piperidine rings is 1. The Morgan fingerprint density at radius 1 is 1.03 bits per heavy atom. The number of aromatic nitrogens is 2. The summed E-state index contributed by atoms with van der Waals surface area (Å²) in [6, 6.07) is -0.0798. The molecule has 11 nitrogen and oxygen atoms in total. The standard InChI is InChI=1S/C24H30FN7O4S2/c1-32-10-8-19(9-11-32)31-38(35,36)16-18-5-3-6-20(13-18)28-23-22(25)14-27-24(30-23)29-21-7-2-4-17(12-21)15-37(26,33)34/h2-3,6-7,12-14,19,31H,4-5,8-11,15-16H2,1H3,(H2,26,33,34). The SMILES string of the molecule is CN1CCC(NS(=O)(=O)CC2=CC(=Nc3nc(N=C4C=CCC(CS(N)(=O)=O)=C4)ncc3F)C=CC2)CC1. The van der Waals surface area contributed by atoms with Gasteiger partial charge in [0.25, 0.3) is 5.95 Å². The second kappa shape index (κ2) is 11.9. The van der Waals surface area contributed by atoms with E-state index < -0.39 is 25.9 Å². The van der Waals surface area contributed by atoms with E-state index in [9.17, 15) is 21.2 Å². The molecule has 1 aliphatic heterocycles. The van der Waals surface area contributed by atoms with E-state index in [1.54, 1.807) is 36.5 Å². The summed E-state index contributed by atoms with van der Waals surface area (Å²) in [5.74, 6) is -1.56. The number of hydrogen-bond donors (Lipinski definition) is 2. The first-order valence-corrected chi connectivity index (χ1v) is 15.4. The smallest absolute Gasteiger partial charge is 0.252 e. The summed E-state index contributed by atoms with van der Waals surface area (Å²) in [7, 11) is -5.22. The van der Waals surface area contributed by atoms with Crippen LogP contribution in [-0.4, -0.2) is 80.8 Å². The molecule has 1 fully saturated rings. The van der Waals surface area contributed by atoms with E-state index in [-0.39, 0.29) is 29.3 Å². The minimum atomic E-state index is -3.69. The Kier molecular flexibility index (Phi) is 8.78. The molecule has 4 rings (SSSR count). The lowest BCUT2D eigenvalue weighted by Gasteiger charge is -2.29. The van der Waals surface area contributed by atoms with E-state index in [0.29, 0.717) is 35.4 Å². The van der Waals surface area contributed by atoms with Crippen LogP contribution in [0.4, 0.5) is 16.2 Å². The van der Waals surface area contributed by atoms with E-state index in [1.165, 1.54) is 0 Å². The number of nitrogens with one attached hydrogen (secondary N) is 1. The van der Waals surface area contributed by atoms with Crippen molar-refractivity contribution in [1.29, 1.82) is 0 Å². The van der Waals surface area contributed by atoms with Gasteiger partial charge >= 0.3 is 0 Å². The Morgan fingerprint density at radius 3 is 2.26 bits per heavy atom. The maximum absolute atomic E-state index is 14.5. The van der Waals surface area contributed by atoms with Crippen LogP contribution in [0.25, 0.3) is 0 Å². The van der Waals surface area contributed by atoms with Gasteiger partial charge in [-0.1, -0.05) is 12.2 Å². The summed E-state index contributed by atoms with van der Waals surface area (Å²) in [5, 5.41) is 5.12. The lowest BCUT2D eigenvalue weighted by atomic mass is 10.1. The van der Waals surface area contributed by atoms with Crippen LogP contribution in [0.1, 0.15) is 25.7 Å².